The van der Waals surface area contributed by atoms with E-state index in [1.165, 1.54) is 0 Å². The molecule has 2 unspecified atom stereocenters. The third-order valence-corrected chi connectivity index (χ3v) is 3.36. The van der Waals surface area contributed by atoms with Crippen LogP contribution in [0.15, 0.2) is 12.1 Å². The number of ether oxygens (including phenoxy) is 1. The molecule has 2 atom stereocenters. The van der Waals surface area contributed by atoms with E-state index in [1.54, 1.807) is 7.11 Å². The number of rotatable bonds is 5. The minimum atomic E-state index is -0.566. The highest BCUT2D eigenvalue weighted by atomic mass is 16.5. The molecule has 0 saturated heterocycles. The molecule has 1 aromatic carbocycles. The van der Waals surface area contributed by atoms with Gasteiger partial charge in [-0.25, -0.2) is 0 Å². The summed E-state index contributed by atoms with van der Waals surface area (Å²) >= 11 is 0. The second-order valence-corrected chi connectivity index (χ2v) is 5.21. The standard InChI is InChI=1S/C15H25NO2/c1-9(2)13(16-5)14(17)12-8-10(3)7-11(4)15(12)18-6/h7-9,13-14,16-17H,1-6H3. The summed E-state index contributed by atoms with van der Waals surface area (Å²) in [5.41, 5.74) is 3.06. The molecule has 0 heterocycles. The van der Waals surface area contributed by atoms with Gasteiger partial charge in [0.05, 0.1) is 13.2 Å². The third kappa shape index (κ3) is 3.03. The van der Waals surface area contributed by atoms with Gasteiger partial charge < -0.3 is 15.2 Å². The highest BCUT2D eigenvalue weighted by Gasteiger charge is 2.25. The number of aliphatic hydroxyl groups excluding tert-OH is 1. The number of hydrogen-bond donors (Lipinski definition) is 2. The Hall–Kier alpha value is -1.06. The average Bonchev–Trinajstić information content (AvgIpc) is 2.28. The zero-order valence-corrected chi connectivity index (χ0v) is 12.2. The fourth-order valence-electron chi connectivity index (χ4n) is 2.53. The first kappa shape index (κ1) is 15.0. The van der Waals surface area contributed by atoms with Gasteiger partial charge in [-0.15, -0.1) is 0 Å². The van der Waals surface area contributed by atoms with Crippen LogP contribution in [0, 0.1) is 19.8 Å². The second kappa shape index (κ2) is 6.21. The SMILES string of the molecule is CNC(C(C)C)C(O)c1cc(C)cc(C)c1OC. The molecule has 1 rings (SSSR count). The summed E-state index contributed by atoms with van der Waals surface area (Å²) in [5, 5.41) is 13.8. The van der Waals surface area contributed by atoms with Crippen molar-refractivity contribution < 1.29 is 9.84 Å². The summed E-state index contributed by atoms with van der Waals surface area (Å²) in [6, 6.07) is 4.09. The predicted octanol–water partition coefficient (Wildman–Crippen LogP) is 2.59. The quantitative estimate of drug-likeness (QED) is 0.845. The molecule has 0 aromatic heterocycles. The van der Waals surface area contributed by atoms with Gasteiger partial charge in [0, 0.05) is 11.6 Å². The lowest BCUT2D eigenvalue weighted by molar-refractivity contribution is 0.107. The van der Waals surface area contributed by atoms with Crippen molar-refractivity contribution in [1.29, 1.82) is 0 Å². The summed E-state index contributed by atoms with van der Waals surface area (Å²) < 4.78 is 5.44. The first-order valence-electron chi connectivity index (χ1n) is 6.42. The fourth-order valence-corrected chi connectivity index (χ4v) is 2.53. The van der Waals surface area contributed by atoms with Crippen molar-refractivity contribution in [2.75, 3.05) is 14.2 Å². The molecule has 0 saturated carbocycles. The van der Waals surface area contributed by atoms with Crippen LogP contribution in [0.4, 0.5) is 0 Å². The van der Waals surface area contributed by atoms with Gasteiger partial charge in [-0.1, -0.05) is 25.5 Å². The van der Waals surface area contributed by atoms with Crippen LogP contribution in [0.3, 0.4) is 0 Å². The number of aryl methyl sites for hydroxylation is 2. The van der Waals surface area contributed by atoms with Gasteiger partial charge in [-0.2, -0.15) is 0 Å². The summed E-state index contributed by atoms with van der Waals surface area (Å²) in [6.45, 7) is 8.23. The number of likely N-dealkylation sites (N-methyl/N-ethyl adjacent to an activating group) is 1. The van der Waals surface area contributed by atoms with Crippen molar-refractivity contribution in [3.8, 4) is 5.75 Å². The normalized spacial score (nSPS) is 14.7. The molecule has 0 aliphatic carbocycles. The average molecular weight is 251 g/mol. The smallest absolute Gasteiger partial charge is 0.127 e. The van der Waals surface area contributed by atoms with Gasteiger partial charge in [0.1, 0.15) is 5.75 Å². The van der Waals surface area contributed by atoms with Crippen LogP contribution in [0.25, 0.3) is 0 Å². The van der Waals surface area contributed by atoms with Crippen molar-refractivity contribution in [3.05, 3.63) is 28.8 Å². The summed E-state index contributed by atoms with van der Waals surface area (Å²) in [7, 11) is 3.53. The fraction of sp³-hybridized carbons (Fsp3) is 0.600. The first-order chi connectivity index (χ1) is 8.42. The van der Waals surface area contributed by atoms with E-state index < -0.39 is 6.10 Å². The van der Waals surface area contributed by atoms with Crippen molar-refractivity contribution in [2.24, 2.45) is 5.92 Å². The second-order valence-electron chi connectivity index (χ2n) is 5.21. The number of methoxy groups -OCH3 is 1. The summed E-state index contributed by atoms with van der Waals surface area (Å²) in [4.78, 5) is 0. The minimum Gasteiger partial charge on any atom is -0.496 e. The molecule has 1 aromatic rings. The van der Waals surface area contributed by atoms with Crippen LogP contribution >= 0.6 is 0 Å². The molecular formula is C15H25NO2. The number of aliphatic hydroxyl groups is 1. The lowest BCUT2D eigenvalue weighted by Crippen LogP contribution is -2.37. The Kier molecular flexibility index (Phi) is 5.17. The Morgan fingerprint density at radius 3 is 2.28 bits per heavy atom. The van der Waals surface area contributed by atoms with E-state index in [4.69, 9.17) is 4.74 Å². The molecule has 18 heavy (non-hydrogen) atoms. The van der Waals surface area contributed by atoms with Crippen LogP contribution in [0.5, 0.6) is 5.75 Å². The number of hydrogen-bond acceptors (Lipinski definition) is 3. The topological polar surface area (TPSA) is 41.5 Å². The minimum absolute atomic E-state index is 0.0140. The van der Waals surface area contributed by atoms with E-state index in [1.807, 2.05) is 27.0 Å². The van der Waals surface area contributed by atoms with Gasteiger partial charge in [-0.05, 0) is 38.4 Å². The van der Waals surface area contributed by atoms with E-state index >= 15 is 0 Å². The van der Waals surface area contributed by atoms with Gasteiger partial charge in [0.2, 0.25) is 0 Å². The molecule has 0 fully saturated rings. The van der Waals surface area contributed by atoms with Gasteiger partial charge in [0.15, 0.2) is 0 Å². The Morgan fingerprint density at radius 2 is 1.83 bits per heavy atom. The van der Waals surface area contributed by atoms with Gasteiger partial charge in [0.25, 0.3) is 0 Å². The molecule has 0 radical (unpaired) electrons. The maximum atomic E-state index is 10.6. The van der Waals surface area contributed by atoms with Gasteiger partial charge >= 0.3 is 0 Å². The molecule has 3 heteroatoms. The van der Waals surface area contributed by atoms with Crippen LogP contribution < -0.4 is 10.1 Å². The molecule has 0 spiro atoms. The number of benzene rings is 1. The molecule has 0 bridgehead atoms. The predicted molar refractivity (Wildman–Crippen MR) is 75.1 cm³/mol. The van der Waals surface area contributed by atoms with Crippen LogP contribution in [-0.4, -0.2) is 25.3 Å². The van der Waals surface area contributed by atoms with Crippen molar-refractivity contribution in [3.63, 3.8) is 0 Å². The lowest BCUT2D eigenvalue weighted by Gasteiger charge is -2.28. The Bertz CT molecular complexity index is 402. The van der Waals surface area contributed by atoms with Gasteiger partial charge in [-0.3, -0.25) is 0 Å². The largest absolute Gasteiger partial charge is 0.496 e. The van der Waals surface area contributed by atoms with Crippen molar-refractivity contribution >= 4 is 0 Å². The molecule has 102 valence electrons. The molecular weight excluding hydrogens is 226 g/mol. The first-order valence-corrected chi connectivity index (χ1v) is 6.42. The van der Waals surface area contributed by atoms with E-state index in [0.717, 1.165) is 22.4 Å². The molecule has 2 N–H and O–H groups in total. The summed E-state index contributed by atoms with van der Waals surface area (Å²) in [6.07, 6.45) is -0.566. The monoisotopic (exact) mass is 251 g/mol. The molecule has 0 aliphatic rings. The van der Waals surface area contributed by atoms with Crippen LogP contribution in [0.2, 0.25) is 0 Å². The highest BCUT2D eigenvalue weighted by molar-refractivity contribution is 5.45. The third-order valence-electron chi connectivity index (χ3n) is 3.36. The highest BCUT2D eigenvalue weighted by Crippen LogP contribution is 2.33. The van der Waals surface area contributed by atoms with E-state index in [2.05, 4.69) is 25.2 Å². The summed E-state index contributed by atoms with van der Waals surface area (Å²) in [5.74, 6) is 1.13. The van der Waals surface area contributed by atoms with E-state index in [9.17, 15) is 5.11 Å². The zero-order chi connectivity index (χ0) is 13.9. The molecule has 0 aliphatic heterocycles. The van der Waals surface area contributed by atoms with E-state index in [-0.39, 0.29) is 6.04 Å². The van der Waals surface area contributed by atoms with E-state index in [0.29, 0.717) is 5.92 Å². The molecule has 0 amide bonds. The Balaban J connectivity index is 3.22. The molecule has 3 nitrogen and oxygen atoms in total. The van der Waals surface area contributed by atoms with Crippen molar-refractivity contribution in [1.82, 2.24) is 5.32 Å². The Labute approximate surface area is 110 Å². The maximum Gasteiger partial charge on any atom is 0.127 e. The van der Waals surface area contributed by atoms with Crippen molar-refractivity contribution in [2.45, 2.75) is 39.8 Å². The lowest BCUT2D eigenvalue weighted by atomic mass is 9.91. The maximum absolute atomic E-state index is 10.6. The zero-order valence-electron chi connectivity index (χ0n) is 12.2. The Morgan fingerprint density at radius 1 is 1.22 bits per heavy atom. The van der Waals surface area contributed by atoms with Crippen LogP contribution in [-0.2, 0) is 0 Å². The number of nitrogens with one attached hydrogen (secondary N) is 1. The van der Waals surface area contributed by atoms with Crippen LogP contribution in [0.1, 0.15) is 36.6 Å².